The Morgan fingerprint density at radius 1 is 1.28 bits per heavy atom. The number of fused-ring (bicyclic) bond motifs is 2. The molecule has 6 nitrogen and oxygen atoms in total. The lowest BCUT2D eigenvalue weighted by atomic mass is 10.0. The van der Waals surface area contributed by atoms with Crippen molar-refractivity contribution in [2.75, 3.05) is 19.7 Å². The normalized spacial score (nSPS) is 22.0. The number of rotatable bonds is 6. The molecule has 0 amide bonds. The van der Waals surface area contributed by atoms with Gasteiger partial charge in [-0.25, -0.2) is 4.99 Å². The fourth-order valence-electron chi connectivity index (χ4n) is 4.93. The molecule has 1 saturated heterocycles. The largest absolute Gasteiger partial charge is 0.494 e. The van der Waals surface area contributed by atoms with Gasteiger partial charge in [0.05, 0.1) is 11.3 Å². The van der Waals surface area contributed by atoms with Crippen molar-refractivity contribution in [3.8, 4) is 5.88 Å². The number of H-pyrrole nitrogens is 1. The molecule has 0 bridgehead atoms. The number of aliphatic imine (C=N–C) groups is 1. The molecule has 0 saturated carbocycles. The number of hydrogen-bond donors (Lipinski definition) is 2. The van der Waals surface area contributed by atoms with Crippen LogP contribution < -0.4 is 0 Å². The molecule has 166 valence electrons. The number of hydrogen-bond acceptors (Lipinski definition) is 5. The summed E-state index contributed by atoms with van der Waals surface area (Å²) in [7, 11) is 0. The van der Waals surface area contributed by atoms with Crippen LogP contribution in [0.4, 0.5) is 5.69 Å². The Labute approximate surface area is 192 Å². The van der Waals surface area contributed by atoms with Gasteiger partial charge >= 0.3 is 0 Å². The van der Waals surface area contributed by atoms with Gasteiger partial charge in [0.2, 0.25) is 0 Å². The number of halogens is 1. The summed E-state index contributed by atoms with van der Waals surface area (Å²) in [5.41, 5.74) is 4.27. The number of nitrogens with one attached hydrogen (secondary N) is 1. The van der Waals surface area contributed by atoms with E-state index in [4.69, 9.17) is 21.4 Å². The number of aromatic hydroxyl groups is 1. The summed E-state index contributed by atoms with van der Waals surface area (Å²) in [4.78, 5) is 16.1. The first kappa shape index (κ1) is 21.0. The standard InChI is InChI=1S/C25H27ClN4O2/c1-3-17-12-15(2)14-30(17)10-11-32-29-23-18-6-4-5-7-20(18)27-24(23)22-19-13-16(26)8-9-21(19)28-25(22)31/h4-9,13,15,17,28,31H,3,10-12,14H2,1-2H3/t15-,17+/m1/s1. The Bertz CT molecular complexity index is 1220. The van der Waals surface area contributed by atoms with Crippen molar-refractivity contribution < 1.29 is 9.94 Å². The van der Waals surface area contributed by atoms with Crippen LogP contribution in [0.15, 0.2) is 52.6 Å². The minimum atomic E-state index is 0.0402. The predicted octanol–water partition coefficient (Wildman–Crippen LogP) is 5.50. The van der Waals surface area contributed by atoms with Gasteiger partial charge in [-0.15, -0.1) is 0 Å². The summed E-state index contributed by atoms with van der Waals surface area (Å²) in [6.45, 7) is 7.02. The van der Waals surface area contributed by atoms with Gasteiger partial charge in [0, 0.05) is 40.6 Å². The molecule has 2 N–H and O–H groups in total. The summed E-state index contributed by atoms with van der Waals surface area (Å²) in [5, 5.41) is 16.6. The first-order chi connectivity index (χ1) is 15.5. The molecule has 0 spiro atoms. The SMILES string of the molecule is CC[C@H]1C[C@@H](C)CN1CCON=C1C(c2c(O)[nH]c3ccc(Cl)cc23)=Nc2ccccc21. The molecule has 5 rings (SSSR count). The summed E-state index contributed by atoms with van der Waals surface area (Å²) in [5.74, 6) is 0.766. The molecule has 1 aromatic heterocycles. The third kappa shape index (κ3) is 3.78. The smallest absolute Gasteiger partial charge is 0.199 e. The highest BCUT2D eigenvalue weighted by Gasteiger charge is 2.30. The fraction of sp³-hybridized carbons (Fsp3) is 0.360. The van der Waals surface area contributed by atoms with Gasteiger partial charge in [0.1, 0.15) is 18.0 Å². The van der Waals surface area contributed by atoms with E-state index < -0.39 is 0 Å². The highest BCUT2D eigenvalue weighted by atomic mass is 35.5. The number of benzene rings is 2. The second kappa shape index (κ2) is 8.60. The Morgan fingerprint density at radius 3 is 2.97 bits per heavy atom. The van der Waals surface area contributed by atoms with Crippen molar-refractivity contribution in [3.05, 3.63) is 58.6 Å². The Morgan fingerprint density at radius 2 is 2.12 bits per heavy atom. The van der Waals surface area contributed by atoms with Gasteiger partial charge in [-0.05, 0) is 43.0 Å². The average molecular weight is 451 g/mol. The van der Waals surface area contributed by atoms with Crippen LogP contribution in [0, 0.1) is 5.92 Å². The van der Waals surface area contributed by atoms with Crippen molar-refractivity contribution in [3.63, 3.8) is 0 Å². The molecule has 2 aliphatic heterocycles. The number of nitrogens with zero attached hydrogens (tertiary/aromatic N) is 3. The minimum absolute atomic E-state index is 0.0402. The fourth-order valence-corrected chi connectivity index (χ4v) is 5.11. The van der Waals surface area contributed by atoms with E-state index in [1.165, 1.54) is 6.42 Å². The number of aromatic amines is 1. The lowest BCUT2D eigenvalue weighted by Crippen LogP contribution is -2.32. The molecule has 0 unspecified atom stereocenters. The highest BCUT2D eigenvalue weighted by Crippen LogP contribution is 2.36. The summed E-state index contributed by atoms with van der Waals surface area (Å²) < 4.78 is 0. The van der Waals surface area contributed by atoms with Crippen LogP contribution in [0.2, 0.25) is 5.02 Å². The average Bonchev–Trinajstić information content (AvgIpc) is 3.42. The van der Waals surface area contributed by atoms with E-state index in [9.17, 15) is 5.11 Å². The third-order valence-corrected chi connectivity index (χ3v) is 6.66. The second-order valence-corrected chi connectivity index (χ2v) is 9.12. The maximum Gasteiger partial charge on any atom is 0.199 e. The molecule has 1 fully saturated rings. The zero-order valence-corrected chi connectivity index (χ0v) is 19.1. The number of oxime groups is 1. The van der Waals surface area contributed by atoms with Crippen LogP contribution >= 0.6 is 11.6 Å². The molecular formula is C25H27ClN4O2. The maximum atomic E-state index is 10.7. The van der Waals surface area contributed by atoms with Gasteiger partial charge in [0.15, 0.2) is 5.88 Å². The quantitative estimate of drug-likeness (QED) is 0.384. The topological polar surface area (TPSA) is 73.2 Å². The minimum Gasteiger partial charge on any atom is -0.494 e. The molecule has 3 aromatic rings. The molecule has 0 aliphatic carbocycles. The zero-order chi connectivity index (χ0) is 22.2. The number of para-hydroxylation sites is 1. The number of likely N-dealkylation sites (tertiary alicyclic amines) is 1. The third-order valence-electron chi connectivity index (χ3n) is 6.43. The molecular weight excluding hydrogens is 424 g/mol. The highest BCUT2D eigenvalue weighted by molar-refractivity contribution is 6.58. The van der Waals surface area contributed by atoms with E-state index in [1.54, 1.807) is 6.07 Å². The first-order valence-corrected chi connectivity index (χ1v) is 11.6. The lowest BCUT2D eigenvalue weighted by Gasteiger charge is -2.22. The monoisotopic (exact) mass is 450 g/mol. The van der Waals surface area contributed by atoms with E-state index in [1.807, 2.05) is 36.4 Å². The van der Waals surface area contributed by atoms with E-state index in [2.05, 4.69) is 28.9 Å². The van der Waals surface area contributed by atoms with Crippen LogP contribution in [-0.2, 0) is 4.84 Å². The van der Waals surface area contributed by atoms with Crippen LogP contribution in [0.1, 0.15) is 37.8 Å². The molecule has 2 aliphatic rings. The summed E-state index contributed by atoms with van der Waals surface area (Å²) in [6, 6.07) is 13.9. The van der Waals surface area contributed by atoms with E-state index in [0.29, 0.717) is 34.7 Å². The summed E-state index contributed by atoms with van der Waals surface area (Å²) >= 11 is 6.24. The van der Waals surface area contributed by atoms with Gasteiger partial charge in [0.25, 0.3) is 0 Å². The van der Waals surface area contributed by atoms with Gasteiger partial charge < -0.3 is 14.9 Å². The predicted molar refractivity (Wildman–Crippen MR) is 130 cm³/mol. The Hall–Kier alpha value is -2.83. The van der Waals surface area contributed by atoms with Crippen molar-refractivity contribution in [2.45, 2.75) is 32.7 Å². The Balaban J connectivity index is 1.43. The summed E-state index contributed by atoms with van der Waals surface area (Å²) in [6.07, 6.45) is 2.41. The molecule has 7 heteroatoms. The molecule has 3 heterocycles. The van der Waals surface area contributed by atoms with E-state index in [-0.39, 0.29) is 5.88 Å². The Kier molecular flexibility index (Phi) is 5.66. The van der Waals surface area contributed by atoms with Crippen molar-refractivity contribution in [1.82, 2.24) is 9.88 Å². The molecule has 2 atom stereocenters. The van der Waals surface area contributed by atoms with Gasteiger partial charge in [-0.1, -0.05) is 48.8 Å². The molecule has 32 heavy (non-hydrogen) atoms. The van der Waals surface area contributed by atoms with Gasteiger partial charge in [-0.2, -0.15) is 0 Å². The van der Waals surface area contributed by atoms with Crippen molar-refractivity contribution >= 4 is 39.6 Å². The number of aromatic nitrogens is 1. The lowest BCUT2D eigenvalue weighted by molar-refractivity contribution is 0.105. The van der Waals surface area contributed by atoms with Crippen molar-refractivity contribution in [1.29, 1.82) is 0 Å². The molecule has 2 aromatic carbocycles. The molecule has 0 radical (unpaired) electrons. The van der Waals surface area contributed by atoms with Crippen molar-refractivity contribution in [2.24, 2.45) is 16.1 Å². The van der Waals surface area contributed by atoms with E-state index in [0.717, 1.165) is 47.6 Å². The maximum absolute atomic E-state index is 10.7. The van der Waals surface area contributed by atoms with Crippen LogP contribution in [0.3, 0.4) is 0 Å². The van der Waals surface area contributed by atoms with Crippen LogP contribution in [0.25, 0.3) is 10.9 Å². The van der Waals surface area contributed by atoms with Crippen LogP contribution in [0.5, 0.6) is 5.88 Å². The van der Waals surface area contributed by atoms with Gasteiger partial charge in [-0.3, -0.25) is 4.90 Å². The van der Waals surface area contributed by atoms with Crippen LogP contribution in [-0.4, -0.2) is 52.2 Å². The second-order valence-electron chi connectivity index (χ2n) is 8.69. The first-order valence-electron chi connectivity index (χ1n) is 11.2. The van der Waals surface area contributed by atoms with E-state index >= 15 is 0 Å². The zero-order valence-electron chi connectivity index (χ0n) is 18.3.